The molecule has 0 aromatic carbocycles. The van der Waals surface area contributed by atoms with E-state index in [0.29, 0.717) is 6.33 Å². The molecule has 2 aromatic rings. The molecule has 0 unspecified atom stereocenters. The van der Waals surface area contributed by atoms with E-state index >= 15 is 0 Å². The van der Waals surface area contributed by atoms with Gasteiger partial charge in [0, 0.05) is 0 Å². The first-order valence-corrected chi connectivity index (χ1v) is 3.96. The summed E-state index contributed by atoms with van der Waals surface area (Å²) in [6, 6.07) is 0. The first kappa shape index (κ1) is 10.3. The van der Waals surface area contributed by atoms with Crippen molar-refractivity contribution in [2.75, 3.05) is 0 Å². The number of fused-ring (bicyclic) bond motifs is 1. The number of rotatable bonds is 1. The molecule has 2 aromatic heterocycles. The molecule has 0 saturated heterocycles. The number of primary amides is 1. The van der Waals surface area contributed by atoms with E-state index in [9.17, 15) is 18.0 Å². The summed E-state index contributed by atoms with van der Waals surface area (Å²) in [6.45, 7) is 0. The molecule has 2 heterocycles. The Morgan fingerprint density at radius 1 is 1.31 bits per heavy atom. The molecule has 0 bridgehead atoms. The molecule has 0 fully saturated rings. The molecule has 0 saturated carbocycles. The minimum atomic E-state index is -4.65. The molecular formula is C7H4F3N5O. The molecule has 1 amide bonds. The lowest BCUT2D eigenvalue weighted by Gasteiger charge is -2.06. The number of imidazole rings is 1. The van der Waals surface area contributed by atoms with Crippen LogP contribution in [-0.2, 0) is 6.30 Å². The molecule has 0 radical (unpaired) electrons. The number of nitrogens with two attached hydrogens (primary N) is 1. The topological polar surface area (TPSA) is 86.7 Å². The zero-order chi connectivity index (χ0) is 11.9. The lowest BCUT2D eigenvalue weighted by molar-refractivity contribution is -0.201. The molecule has 0 aliphatic heterocycles. The van der Waals surface area contributed by atoms with E-state index in [0.717, 1.165) is 6.33 Å². The number of carbonyl (C=O) groups is 1. The Morgan fingerprint density at radius 3 is 2.56 bits per heavy atom. The Bertz CT molecular complexity index is 561. The van der Waals surface area contributed by atoms with E-state index in [1.807, 2.05) is 0 Å². The normalized spacial score (nSPS) is 11.9. The van der Waals surface area contributed by atoms with Crippen molar-refractivity contribution in [3.05, 3.63) is 18.3 Å². The van der Waals surface area contributed by atoms with Crippen molar-refractivity contribution in [2.45, 2.75) is 6.30 Å². The zero-order valence-corrected chi connectivity index (χ0v) is 7.56. The van der Waals surface area contributed by atoms with Crippen LogP contribution in [0.1, 0.15) is 10.5 Å². The summed E-state index contributed by atoms with van der Waals surface area (Å²) in [6.07, 6.45) is -3.31. The van der Waals surface area contributed by atoms with Gasteiger partial charge in [-0.2, -0.15) is 0 Å². The van der Waals surface area contributed by atoms with Crippen LogP contribution < -0.4 is 5.73 Å². The van der Waals surface area contributed by atoms with Crippen molar-refractivity contribution >= 4 is 17.1 Å². The summed E-state index contributed by atoms with van der Waals surface area (Å²) in [4.78, 5) is 21.2. The van der Waals surface area contributed by atoms with Crippen LogP contribution in [0.25, 0.3) is 11.2 Å². The summed E-state index contributed by atoms with van der Waals surface area (Å²) in [5.74, 6) is -0.958. The number of amides is 1. The molecule has 0 spiro atoms. The van der Waals surface area contributed by atoms with E-state index < -0.39 is 17.9 Å². The Labute approximate surface area is 85.9 Å². The van der Waals surface area contributed by atoms with Crippen molar-refractivity contribution < 1.29 is 18.0 Å². The molecule has 0 atom stereocenters. The van der Waals surface area contributed by atoms with Crippen LogP contribution in [0, 0.1) is 0 Å². The van der Waals surface area contributed by atoms with Crippen molar-refractivity contribution in [2.24, 2.45) is 5.73 Å². The average Bonchev–Trinajstić information content (AvgIpc) is 2.59. The highest BCUT2D eigenvalue weighted by molar-refractivity contribution is 6.01. The highest BCUT2D eigenvalue weighted by atomic mass is 19.4. The maximum atomic E-state index is 12.4. The van der Waals surface area contributed by atoms with Crippen molar-refractivity contribution in [1.82, 2.24) is 19.5 Å². The largest absolute Gasteiger partial charge is 0.491 e. The Kier molecular flexibility index (Phi) is 2.04. The summed E-state index contributed by atoms with van der Waals surface area (Å²) in [5, 5.41) is 0. The van der Waals surface area contributed by atoms with Crippen LogP contribution in [0.2, 0.25) is 0 Å². The molecular weight excluding hydrogens is 227 g/mol. The summed E-state index contributed by atoms with van der Waals surface area (Å²) in [7, 11) is 0. The fraction of sp³-hybridized carbons (Fsp3) is 0.143. The molecule has 2 N–H and O–H groups in total. The molecule has 6 nitrogen and oxygen atoms in total. The Morgan fingerprint density at radius 2 is 2.00 bits per heavy atom. The molecule has 0 aliphatic rings. The third kappa shape index (κ3) is 1.45. The summed E-state index contributed by atoms with van der Waals surface area (Å²) < 4.78 is 37.2. The number of halogens is 3. The second-order valence-corrected chi connectivity index (χ2v) is 2.84. The highest BCUT2D eigenvalue weighted by Gasteiger charge is 2.33. The van der Waals surface area contributed by atoms with E-state index in [-0.39, 0.29) is 15.8 Å². The van der Waals surface area contributed by atoms with Crippen LogP contribution in [0.15, 0.2) is 12.7 Å². The molecule has 0 aliphatic carbocycles. The molecule has 84 valence electrons. The van der Waals surface area contributed by atoms with Gasteiger partial charge in [-0.25, -0.2) is 19.5 Å². The average molecular weight is 231 g/mol. The fourth-order valence-corrected chi connectivity index (χ4v) is 1.20. The number of carbonyl (C=O) groups excluding carboxylic acids is 1. The second kappa shape index (κ2) is 3.15. The van der Waals surface area contributed by atoms with Crippen LogP contribution in [0.4, 0.5) is 13.2 Å². The van der Waals surface area contributed by atoms with E-state index in [1.54, 1.807) is 0 Å². The van der Waals surface area contributed by atoms with E-state index in [2.05, 4.69) is 15.0 Å². The number of hydrogen-bond donors (Lipinski definition) is 1. The Hall–Kier alpha value is -2.19. The highest BCUT2D eigenvalue weighted by Crippen LogP contribution is 2.26. The molecule has 16 heavy (non-hydrogen) atoms. The number of aromatic nitrogens is 4. The van der Waals surface area contributed by atoms with Gasteiger partial charge >= 0.3 is 6.30 Å². The van der Waals surface area contributed by atoms with Crippen LogP contribution in [0.5, 0.6) is 0 Å². The van der Waals surface area contributed by atoms with Gasteiger partial charge in [-0.15, -0.1) is 13.2 Å². The molecule has 2 rings (SSSR count). The van der Waals surface area contributed by atoms with Crippen molar-refractivity contribution in [1.29, 1.82) is 0 Å². The van der Waals surface area contributed by atoms with Gasteiger partial charge in [0.05, 0.1) is 0 Å². The van der Waals surface area contributed by atoms with Crippen LogP contribution in [0.3, 0.4) is 0 Å². The number of alkyl halides is 3. The Balaban J connectivity index is 2.76. The standard InChI is InChI=1S/C7H4F3N5O/c8-7(9,10)15-2-14-4-3(5(11)16)12-1-13-6(4)15/h1-2H,(H2,11,16). The van der Waals surface area contributed by atoms with Gasteiger partial charge in [0.25, 0.3) is 5.91 Å². The third-order valence-corrected chi connectivity index (χ3v) is 1.84. The fourth-order valence-electron chi connectivity index (χ4n) is 1.20. The lowest BCUT2D eigenvalue weighted by Crippen LogP contribution is -2.17. The minimum Gasteiger partial charge on any atom is -0.364 e. The van der Waals surface area contributed by atoms with Gasteiger partial charge in [-0.05, 0) is 0 Å². The van der Waals surface area contributed by atoms with Gasteiger partial charge < -0.3 is 5.73 Å². The van der Waals surface area contributed by atoms with Crippen molar-refractivity contribution in [3.63, 3.8) is 0 Å². The number of nitrogens with zero attached hydrogens (tertiary/aromatic N) is 4. The maximum Gasteiger partial charge on any atom is 0.491 e. The van der Waals surface area contributed by atoms with Gasteiger partial charge in [-0.1, -0.05) is 0 Å². The first-order chi connectivity index (χ1) is 7.41. The maximum absolute atomic E-state index is 12.4. The zero-order valence-electron chi connectivity index (χ0n) is 7.56. The monoisotopic (exact) mass is 231 g/mol. The van der Waals surface area contributed by atoms with Crippen molar-refractivity contribution in [3.8, 4) is 0 Å². The lowest BCUT2D eigenvalue weighted by atomic mass is 10.3. The predicted octanol–water partition coefficient (Wildman–Crippen LogP) is 0.401. The van der Waals surface area contributed by atoms with E-state index in [1.165, 1.54) is 0 Å². The first-order valence-electron chi connectivity index (χ1n) is 3.96. The van der Waals surface area contributed by atoms with Crippen LogP contribution in [-0.4, -0.2) is 25.4 Å². The van der Waals surface area contributed by atoms with Crippen LogP contribution >= 0.6 is 0 Å². The summed E-state index contributed by atoms with van der Waals surface area (Å²) in [5.41, 5.74) is 3.82. The SMILES string of the molecule is NC(=O)c1ncnc2c1ncn2C(F)(F)F. The summed E-state index contributed by atoms with van der Waals surface area (Å²) >= 11 is 0. The van der Waals surface area contributed by atoms with Gasteiger partial charge in [0.2, 0.25) is 0 Å². The third-order valence-electron chi connectivity index (χ3n) is 1.84. The predicted molar refractivity (Wildman–Crippen MR) is 45.1 cm³/mol. The van der Waals surface area contributed by atoms with Gasteiger partial charge in [-0.3, -0.25) is 4.79 Å². The quantitative estimate of drug-likeness (QED) is 0.769. The van der Waals surface area contributed by atoms with Gasteiger partial charge in [0.15, 0.2) is 11.3 Å². The second-order valence-electron chi connectivity index (χ2n) is 2.84. The van der Waals surface area contributed by atoms with E-state index in [4.69, 9.17) is 5.73 Å². The number of hydrogen-bond acceptors (Lipinski definition) is 4. The smallest absolute Gasteiger partial charge is 0.364 e. The minimum absolute atomic E-state index is 0.115. The van der Waals surface area contributed by atoms with Gasteiger partial charge in [0.1, 0.15) is 18.2 Å². The molecule has 9 heteroatoms.